The van der Waals surface area contributed by atoms with Gasteiger partial charge in [-0.15, -0.1) is 0 Å². The van der Waals surface area contributed by atoms with Gasteiger partial charge < -0.3 is 14.5 Å². The second-order valence-electron chi connectivity index (χ2n) is 7.60. The lowest BCUT2D eigenvalue weighted by Gasteiger charge is -2.36. The highest BCUT2D eigenvalue weighted by Crippen LogP contribution is 2.38. The summed E-state index contributed by atoms with van der Waals surface area (Å²) in [7, 11) is 0. The number of amides is 2. The number of carbonyl (C=O) groups is 2. The topological polar surface area (TPSA) is 62.7 Å². The maximum atomic E-state index is 13.7. The van der Waals surface area contributed by atoms with Crippen molar-refractivity contribution in [1.29, 1.82) is 0 Å². The smallest absolute Gasteiger partial charge is 0.410 e. The van der Waals surface area contributed by atoms with Gasteiger partial charge in [0.25, 0.3) is 5.91 Å². The molecule has 7 heteroatoms. The molecule has 3 fully saturated rings. The van der Waals surface area contributed by atoms with Gasteiger partial charge in [-0.05, 0) is 50.7 Å². The normalized spacial score (nSPS) is 23.3. The van der Waals surface area contributed by atoms with Crippen LogP contribution in [-0.4, -0.2) is 58.1 Å². The number of ether oxygens (including phenoxy) is 1. The Labute approximate surface area is 152 Å². The van der Waals surface area contributed by atoms with Gasteiger partial charge in [-0.2, -0.15) is 4.39 Å². The van der Waals surface area contributed by atoms with Gasteiger partial charge in [-0.25, -0.2) is 9.78 Å². The van der Waals surface area contributed by atoms with E-state index in [2.05, 4.69) is 4.98 Å². The number of pyridine rings is 1. The Morgan fingerprint density at radius 3 is 2.65 bits per heavy atom. The maximum absolute atomic E-state index is 13.7. The lowest BCUT2D eigenvalue weighted by molar-refractivity contribution is 0.0259. The van der Waals surface area contributed by atoms with Crippen molar-refractivity contribution in [3.63, 3.8) is 0 Å². The van der Waals surface area contributed by atoms with Gasteiger partial charge in [0.1, 0.15) is 5.60 Å². The first-order valence-electron chi connectivity index (χ1n) is 9.47. The molecule has 1 spiro atoms. The predicted molar refractivity (Wildman–Crippen MR) is 92.1 cm³/mol. The molecule has 2 amide bonds. The summed E-state index contributed by atoms with van der Waals surface area (Å²) in [5, 5.41) is 0. The zero-order chi connectivity index (χ0) is 18.1. The Kier molecular flexibility index (Phi) is 4.54. The van der Waals surface area contributed by atoms with Crippen LogP contribution in [0.15, 0.2) is 18.3 Å². The number of nitrogens with zero attached hydrogens (tertiary/aromatic N) is 3. The largest absolute Gasteiger partial charge is 0.441 e. The van der Waals surface area contributed by atoms with Gasteiger partial charge in [0.2, 0.25) is 5.95 Å². The molecule has 6 nitrogen and oxygen atoms in total. The minimum absolute atomic E-state index is 0.00712. The second kappa shape index (κ2) is 6.85. The van der Waals surface area contributed by atoms with Crippen molar-refractivity contribution in [3.8, 4) is 0 Å². The summed E-state index contributed by atoms with van der Waals surface area (Å²) in [5.41, 5.74) is -0.283. The van der Waals surface area contributed by atoms with E-state index in [4.69, 9.17) is 4.74 Å². The molecule has 1 aliphatic carbocycles. The van der Waals surface area contributed by atoms with Crippen molar-refractivity contribution in [2.75, 3.05) is 19.6 Å². The number of carbonyl (C=O) groups excluding carboxylic acids is 2. The van der Waals surface area contributed by atoms with E-state index in [1.165, 1.54) is 18.7 Å². The molecule has 1 aromatic rings. The van der Waals surface area contributed by atoms with E-state index in [-0.39, 0.29) is 29.2 Å². The first-order valence-corrected chi connectivity index (χ1v) is 9.47. The molecule has 2 aliphatic heterocycles. The van der Waals surface area contributed by atoms with Crippen LogP contribution in [0.2, 0.25) is 0 Å². The van der Waals surface area contributed by atoms with Gasteiger partial charge in [0.15, 0.2) is 0 Å². The molecule has 3 aliphatic rings. The Morgan fingerprint density at radius 1 is 1.23 bits per heavy atom. The molecular formula is C19H24FN3O3. The molecule has 1 aromatic heterocycles. The summed E-state index contributed by atoms with van der Waals surface area (Å²) in [6, 6.07) is 3.11. The van der Waals surface area contributed by atoms with Crippen LogP contribution in [0.4, 0.5) is 9.18 Å². The number of rotatable bonds is 2. The van der Waals surface area contributed by atoms with Crippen molar-refractivity contribution < 1.29 is 18.7 Å². The van der Waals surface area contributed by atoms with Gasteiger partial charge in [0.05, 0.1) is 12.1 Å². The van der Waals surface area contributed by atoms with Crippen LogP contribution in [0.5, 0.6) is 0 Å². The fourth-order valence-electron chi connectivity index (χ4n) is 4.48. The Bertz CT molecular complexity index is 697. The van der Waals surface area contributed by atoms with E-state index in [1.54, 1.807) is 11.0 Å². The Balaban J connectivity index is 1.37. The van der Waals surface area contributed by atoms with E-state index >= 15 is 0 Å². The molecule has 0 N–H and O–H groups in total. The van der Waals surface area contributed by atoms with Gasteiger partial charge in [-0.3, -0.25) is 4.79 Å². The van der Waals surface area contributed by atoms with E-state index < -0.39 is 5.95 Å². The quantitative estimate of drug-likeness (QED) is 0.760. The van der Waals surface area contributed by atoms with Crippen molar-refractivity contribution in [2.45, 2.75) is 56.6 Å². The molecule has 26 heavy (non-hydrogen) atoms. The fourth-order valence-corrected chi connectivity index (χ4v) is 4.48. The van der Waals surface area contributed by atoms with Crippen molar-refractivity contribution in [1.82, 2.24) is 14.8 Å². The minimum atomic E-state index is -0.734. The number of halogens is 1. The van der Waals surface area contributed by atoms with E-state index in [1.807, 2.05) is 4.90 Å². The van der Waals surface area contributed by atoms with Crippen LogP contribution < -0.4 is 0 Å². The highest BCUT2D eigenvalue weighted by atomic mass is 19.1. The Morgan fingerprint density at radius 2 is 1.96 bits per heavy atom. The molecule has 0 bridgehead atoms. The lowest BCUT2D eigenvalue weighted by Crippen LogP contribution is -2.48. The molecule has 0 atom stereocenters. The number of hydrogen-bond donors (Lipinski definition) is 0. The third-order valence-corrected chi connectivity index (χ3v) is 5.94. The molecule has 2 saturated heterocycles. The Hall–Kier alpha value is -2.18. The van der Waals surface area contributed by atoms with Gasteiger partial charge in [-0.1, -0.05) is 6.42 Å². The summed E-state index contributed by atoms with van der Waals surface area (Å²) < 4.78 is 19.5. The third-order valence-electron chi connectivity index (χ3n) is 5.94. The zero-order valence-corrected chi connectivity index (χ0v) is 14.8. The fraction of sp³-hybridized carbons (Fsp3) is 0.632. The molecule has 3 heterocycles. The first kappa shape index (κ1) is 17.2. The SMILES string of the molecule is O=C(c1cccnc1F)N1CCC(N2CC3(CCCCC3)OC2=O)CC1. The predicted octanol–water partition coefficient (Wildman–Crippen LogP) is 2.98. The minimum Gasteiger partial charge on any atom is -0.441 e. The molecule has 4 rings (SSSR count). The molecule has 140 valence electrons. The summed E-state index contributed by atoms with van der Waals surface area (Å²) in [4.78, 5) is 31.9. The van der Waals surface area contributed by atoms with Crippen LogP contribution in [0.1, 0.15) is 55.3 Å². The number of piperidine rings is 1. The van der Waals surface area contributed by atoms with Crippen LogP contribution in [0.25, 0.3) is 0 Å². The standard InChI is InChI=1S/C19H24FN3O3/c20-16-15(5-4-10-21-16)17(24)22-11-6-14(7-12-22)23-13-19(26-18(23)25)8-2-1-3-9-19/h4-5,10,14H,1-3,6-9,11-13H2. The number of hydrogen-bond acceptors (Lipinski definition) is 4. The van der Waals surface area contributed by atoms with Crippen molar-refractivity contribution in [2.24, 2.45) is 0 Å². The molecule has 0 unspecified atom stereocenters. The summed E-state index contributed by atoms with van der Waals surface area (Å²) in [5.74, 6) is -1.07. The zero-order valence-electron chi connectivity index (χ0n) is 14.8. The summed E-state index contributed by atoms with van der Waals surface area (Å²) in [6.45, 7) is 1.69. The summed E-state index contributed by atoms with van der Waals surface area (Å²) in [6.07, 6.45) is 7.85. The highest BCUT2D eigenvalue weighted by Gasteiger charge is 2.48. The van der Waals surface area contributed by atoms with E-state index in [0.717, 1.165) is 25.7 Å². The molecule has 1 saturated carbocycles. The molecule has 0 radical (unpaired) electrons. The van der Waals surface area contributed by atoms with Crippen LogP contribution in [-0.2, 0) is 4.74 Å². The highest BCUT2D eigenvalue weighted by molar-refractivity contribution is 5.94. The summed E-state index contributed by atoms with van der Waals surface area (Å²) >= 11 is 0. The average molecular weight is 361 g/mol. The maximum Gasteiger partial charge on any atom is 0.410 e. The number of likely N-dealkylation sites (tertiary alicyclic amines) is 1. The molecule has 0 aromatic carbocycles. The molecular weight excluding hydrogens is 337 g/mol. The van der Waals surface area contributed by atoms with Crippen molar-refractivity contribution in [3.05, 3.63) is 29.8 Å². The lowest BCUT2D eigenvalue weighted by atomic mass is 9.84. The monoisotopic (exact) mass is 361 g/mol. The van der Waals surface area contributed by atoms with Crippen molar-refractivity contribution >= 4 is 12.0 Å². The van der Waals surface area contributed by atoms with Gasteiger partial charge in [0, 0.05) is 25.3 Å². The first-order chi connectivity index (χ1) is 12.6. The second-order valence-corrected chi connectivity index (χ2v) is 7.60. The van der Waals surface area contributed by atoms with E-state index in [0.29, 0.717) is 32.5 Å². The van der Waals surface area contributed by atoms with E-state index in [9.17, 15) is 14.0 Å². The van der Waals surface area contributed by atoms with Gasteiger partial charge >= 0.3 is 6.09 Å². The van der Waals surface area contributed by atoms with Crippen LogP contribution in [0, 0.1) is 5.95 Å². The number of aromatic nitrogens is 1. The third kappa shape index (κ3) is 3.15. The van der Waals surface area contributed by atoms with Crippen LogP contribution in [0.3, 0.4) is 0 Å². The van der Waals surface area contributed by atoms with Crippen LogP contribution >= 0.6 is 0 Å². The average Bonchev–Trinajstić information content (AvgIpc) is 2.98.